The van der Waals surface area contributed by atoms with Gasteiger partial charge in [0.1, 0.15) is 0 Å². The molecule has 0 saturated heterocycles. The Kier molecular flexibility index (Phi) is 3.65. The zero-order chi connectivity index (χ0) is 5.70. The lowest BCUT2D eigenvalue weighted by Crippen LogP contribution is -2.08. The van der Waals surface area contributed by atoms with Gasteiger partial charge in [-0.3, -0.25) is 4.84 Å². The van der Waals surface area contributed by atoms with Gasteiger partial charge < -0.3 is 0 Å². The van der Waals surface area contributed by atoms with Crippen LogP contribution in [0.4, 0.5) is 0 Å². The molecule has 1 N–H and O–H groups in total. The predicted molar refractivity (Wildman–Crippen MR) is 29.8 cm³/mol. The van der Waals surface area contributed by atoms with Gasteiger partial charge in [-0.2, -0.15) is 0 Å². The lowest BCUT2D eigenvalue weighted by atomic mass is 10.4. The quantitative estimate of drug-likeness (QED) is 0.417. The van der Waals surface area contributed by atoms with Crippen molar-refractivity contribution in [1.29, 1.82) is 0 Å². The van der Waals surface area contributed by atoms with Gasteiger partial charge in [-0.25, -0.2) is 5.48 Å². The Morgan fingerprint density at radius 1 is 1.86 bits per heavy atom. The van der Waals surface area contributed by atoms with Gasteiger partial charge in [0, 0.05) is 7.05 Å². The average molecular weight is 101 g/mol. The van der Waals surface area contributed by atoms with Crippen molar-refractivity contribution in [3.8, 4) is 0 Å². The fourth-order valence-corrected chi connectivity index (χ4v) is 0.195. The molecule has 0 bridgehead atoms. The van der Waals surface area contributed by atoms with Crippen molar-refractivity contribution in [1.82, 2.24) is 5.48 Å². The van der Waals surface area contributed by atoms with E-state index >= 15 is 0 Å². The summed E-state index contributed by atoms with van der Waals surface area (Å²) < 4.78 is 0. The first kappa shape index (κ1) is 6.66. The van der Waals surface area contributed by atoms with Gasteiger partial charge in [-0.15, -0.1) is 0 Å². The fraction of sp³-hybridized carbons (Fsp3) is 0.600. The Morgan fingerprint density at radius 3 is 2.57 bits per heavy atom. The van der Waals surface area contributed by atoms with Crippen LogP contribution in [0.2, 0.25) is 0 Å². The van der Waals surface area contributed by atoms with Crippen LogP contribution in [0.1, 0.15) is 6.92 Å². The normalized spacial score (nSPS) is 8.86. The molecule has 42 valence electrons. The van der Waals surface area contributed by atoms with E-state index < -0.39 is 0 Å². The molecule has 0 heterocycles. The standard InChI is InChI=1S/C5H11NO/c1-5(2)4-7-6-3/h6H,1,4H2,2-3H3. The monoisotopic (exact) mass is 101 g/mol. The van der Waals surface area contributed by atoms with Crippen molar-refractivity contribution in [2.45, 2.75) is 6.92 Å². The first-order chi connectivity index (χ1) is 3.27. The van der Waals surface area contributed by atoms with E-state index in [-0.39, 0.29) is 0 Å². The molecule has 0 aliphatic heterocycles. The molecule has 0 fully saturated rings. The van der Waals surface area contributed by atoms with E-state index in [4.69, 9.17) is 4.84 Å². The minimum Gasteiger partial charge on any atom is -0.298 e. The molecule has 0 aromatic carbocycles. The summed E-state index contributed by atoms with van der Waals surface area (Å²) in [5, 5.41) is 0. The van der Waals surface area contributed by atoms with E-state index in [0.717, 1.165) is 5.57 Å². The zero-order valence-electron chi connectivity index (χ0n) is 4.82. The number of nitrogens with one attached hydrogen (secondary N) is 1. The highest BCUT2D eigenvalue weighted by molar-refractivity contribution is 4.86. The summed E-state index contributed by atoms with van der Waals surface area (Å²) in [5.41, 5.74) is 3.56. The van der Waals surface area contributed by atoms with Crippen LogP contribution in [0.15, 0.2) is 12.2 Å². The van der Waals surface area contributed by atoms with Crippen LogP contribution in [-0.4, -0.2) is 13.7 Å². The number of rotatable bonds is 3. The third kappa shape index (κ3) is 5.66. The molecule has 0 radical (unpaired) electrons. The minimum absolute atomic E-state index is 0.594. The lowest BCUT2D eigenvalue weighted by molar-refractivity contribution is 0.0763. The van der Waals surface area contributed by atoms with Gasteiger partial charge in [0.15, 0.2) is 0 Å². The van der Waals surface area contributed by atoms with Crippen molar-refractivity contribution in [3.05, 3.63) is 12.2 Å². The Bertz CT molecular complexity index is 61.1. The van der Waals surface area contributed by atoms with Crippen molar-refractivity contribution in [2.24, 2.45) is 0 Å². The van der Waals surface area contributed by atoms with E-state index in [0.29, 0.717) is 6.61 Å². The maximum absolute atomic E-state index is 4.75. The van der Waals surface area contributed by atoms with Crippen LogP contribution >= 0.6 is 0 Å². The highest BCUT2D eigenvalue weighted by atomic mass is 16.6. The van der Waals surface area contributed by atoms with E-state index in [1.807, 2.05) is 6.92 Å². The molecule has 0 aliphatic rings. The molecule has 0 saturated carbocycles. The van der Waals surface area contributed by atoms with E-state index in [9.17, 15) is 0 Å². The van der Waals surface area contributed by atoms with Gasteiger partial charge in [0.05, 0.1) is 6.61 Å². The average Bonchev–Trinajstić information content (AvgIpc) is 1.61. The smallest absolute Gasteiger partial charge is 0.0887 e. The van der Waals surface area contributed by atoms with Gasteiger partial charge in [-0.05, 0) is 6.92 Å². The Hall–Kier alpha value is -0.340. The molecular weight excluding hydrogens is 90.1 g/mol. The molecule has 0 spiro atoms. The maximum atomic E-state index is 4.75. The summed E-state index contributed by atoms with van der Waals surface area (Å²) in [6, 6.07) is 0. The first-order valence-corrected chi connectivity index (χ1v) is 2.20. The van der Waals surface area contributed by atoms with E-state index in [1.54, 1.807) is 7.05 Å². The van der Waals surface area contributed by atoms with E-state index in [1.165, 1.54) is 0 Å². The van der Waals surface area contributed by atoms with Crippen LogP contribution < -0.4 is 5.48 Å². The molecule has 2 heteroatoms. The number of hydroxylamine groups is 1. The van der Waals surface area contributed by atoms with Gasteiger partial charge >= 0.3 is 0 Å². The Balaban J connectivity index is 2.82. The minimum atomic E-state index is 0.594. The summed E-state index contributed by atoms with van der Waals surface area (Å²) in [6.07, 6.45) is 0. The van der Waals surface area contributed by atoms with Crippen LogP contribution in [0, 0.1) is 0 Å². The van der Waals surface area contributed by atoms with Crippen LogP contribution in [0.25, 0.3) is 0 Å². The largest absolute Gasteiger partial charge is 0.298 e. The van der Waals surface area contributed by atoms with Crippen molar-refractivity contribution >= 4 is 0 Å². The fourth-order valence-electron chi connectivity index (χ4n) is 0.195. The highest BCUT2D eigenvalue weighted by Gasteiger charge is 1.79. The molecular formula is C5H11NO. The van der Waals surface area contributed by atoms with Crippen molar-refractivity contribution in [2.75, 3.05) is 13.7 Å². The SMILES string of the molecule is C=C(C)CONC. The van der Waals surface area contributed by atoms with Crippen LogP contribution in [0.3, 0.4) is 0 Å². The third-order valence-electron chi connectivity index (χ3n) is 0.463. The molecule has 0 aliphatic carbocycles. The summed E-state index contributed by atoms with van der Waals surface area (Å²) in [7, 11) is 1.73. The van der Waals surface area contributed by atoms with Gasteiger partial charge in [-0.1, -0.05) is 12.2 Å². The summed E-state index contributed by atoms with van der Waals surface area (Å²) in [4.78, 5) is 4.75. The molecule has 0 unspecified atom stereocenters. The lowest BCUT2D eigenvalue weighted by Gasteiger charge is -1.96. The van der Waals surface area contributed by atoms with E-state index in [2.05, 4.69) is 12.1 Å². The van der Waals surface area contributed by atoms with Crippen molar-refractivity contribution in [3.63, 3.8) is 0 Å². The molecule has 2 nitrogen and oxygen atoms in total. The van der Waals surface area contributed by atoms with Crippen molar-refractivity contribution < 1.29 is 4.84 Å². The molecule has 0 aromatic rings. The summed E-state index contributed by atoms with van der Waals surface area (Å²) >= 11 is 0. The second-order valence-corrected chi connectivity index (χ2v) is 1.45. The topological polar surface area (TPSA) is 21.3 Å². The number of hydrogen-bond donors (Lipinski definition) is 1. The summed E-state index contributed by atoms with van der Waals surface area (Å²) in [6.45, 7) is 6.14. The van der Waals surface area contributed by atoms with Crippen LogP contribution in [-0.2, 0) is 4.84 Å². The maximum Gasteiger partial charge on any atom is 0.0887 e. The molecule has 0 aromatic heterocycles. The van der Waals surface area contributed by atoms with Gasteiger partial charge in [0.25, 0.3) is 0 Å². The predicted octanol–water partition coefficient (Wildman–Crippen LogP) is 0.714. The third-order valence-corrected chi connectivity index (χ3v) is 0.463. The molecule has 0 rings (SSSR count). The zero-order valence-corrected chi connectivity index (χ0v) is 4.82. The summed E-state index contributed by atoms with van der Waals surface area (Å²) in [5.74, 6) is 0. The van der Waals surface area contributed by atoms with Gasteiger partial charge in [0.2, 0.25) is 0 Å². The second-order valence-electron chi connectivity index (χ2n) is 1.45. The first-order valence-electron chi connectivity index (χ1n) is 2.20. The number of hydrogen-bond acceptors (Lipinski definition) is 2. The molecule has 0 atom stereocenters. The second kappa shape index (κ2) is 3.84. The molecule has 0 amide bonds. The Labute approximate surface area is 44.1 Å². The Morgan fingerprint density at radius 2 is 2.43 bits per heavy atom. The van der Waals surface area contributed by atoms with Crippen LogP contribution in [0.5, 0.6) is 0 Å². The molecule has 7 heavy (non-hydrogen) atoms. The highest BCUT2D eigenvalue weighted by Crippen LogP contribution is 1.82.